The normalized spacial score (nSPS) is 20.5. The van der Waals surface area contributed by atoms with Gasteiger partial charge >= 0.3 is 5.97 Å². The lowest BCUT2D eigenvalue weighted by Gasteiger charge is -2.16. The molecule has 0 aliphatic heterocycles. The Kier molecular flexibility index (Phi) is 7.30. The van der Waals surface area contributed by atoms with Crippen LogP contribution >= 0.6 is 23.1 Å². The molecule has 11 heteroatoms. The molecule has 3 aliphatic rings. The summed E-state index contributed by atoms with van der Waals surface area (Å²) in [6.45, 7) is 3.21. The predicted octanol–water partition coefficient (Wildman–Crippen LogP) is 5.30. The highest BCUT2D eigenvalue weighted by Gasteiger charge is 2.40. The van der Waals surface area contributed by atoms with Gasteiger partial charge in [0.2, 0.25) is 0 Å². The first kappa shape index (κ1) is 27.1. The number of anilines is 1. The molecule has 1 aromatic heterocycles. The van der Waals surface area contributed by atoms with Gasteiger partial charge in [0.25, 0.3) is 5.91 Å². The maximum absolute atomic E-state index is 13.6. The average molecular weight is 575 g/mol. The molecule has 1 amide bonds. The Balaban J connectivity index is 1.45. The molecule has 3 aliphatic carbocycles. The van der Waals surface area contributed by atoms with Crippen LogP contribution in [0.15, 0.2) is 39.6 Å². The number of amides is 1. The zero-order valence-corrected chi connectivity index (χ0v) is 23.7. The number of aliphatic carboxylic acids is 1. The number of hydrogen-bond donors (Lipinski definition) is 2. The summed E-state index contributed by atoms with van der Waals surface area (Å²) in [5.74, 6) is -1.07. The number of thioether (sulfide) groups is 1. The summed E-state index contributed by atoms with van der Waals surface area (Å²) in [6, 6.07) is 5.18. The lowest BCUT2D eigenvalue weighted by atomic mass is 9.96. The van der Waals surface area contributed by atoms with Gasteiger partial charge in [0.05, 0.1) is 20.6 Å². The third kappa shape index (κ3) is 5.89. The van der Waals surface area contributed by atoms with Gasteiger partial charge in [-0.3, -0.25) is 19.7 Å². The van der Waals surface area contributed by atoms with Crippen molar-refractivity contribution in [1.82, 2.24) is 4.98 Å². The van der Waals surface area contributed by atoms with E-state index in [1.54, 1.807) is 26.0 Å². The van der Waals surface area contributed by atoms with Gasteiger partial charge < -0.3 is 5.11 Å². The number of ketones is 1. The molecule has 202 valence electrons. The van der Waals surface area contributed by atoms with Crippen LogP contribution in [0.5, 0.6) is 0 Å². The molecule has 1 heterocycles. The standard InChI is InChI=1S/C27H30N2O6S3/c1-27(2,25(32)33)37-23-14-28-26(36-23)29-24(31)21(12-15-3-7-18(30)11-15)17-6-10-22(20(13-17)16-4-5-16)38(34,35)19-8-9-19/h6,10,12-16,19H,3-5,7-9,11H2,1-2H3,(H,32,33)(H,28,29,31)/b21-12+/t15-/m0/s1. The summed E-state index contributed by atoms with van der Waals surface area (Å²) in [5.41, 5.74) is 1.79. The van der Waals surface area contributed by atoms with Gasteiger partial charge in [0.1, 0.15) is 10.5 Å². The summed E-state index contributed by atoms with van der Waals surface area (Å²) in [7, 11) is -3.38. The van der Waals surface area contributed by atoms with Crippen LogP contribution in [0.1, 0.15) is 75.8 Å². The number of sulfone groups is 1. The van der Waals surface area contributed by atoms with Crippen molar-refractivity contribution in [3.05, 3.63) is 41.6 Å². The highest BCUT2D eigenvalue weighted by Crippen LogP contribution is 2.46. The molecule has 0 saturated heterocycles. The summed E-state index contributed by atoms with van der Waals surface area (Å²) in [4.78, 5) is 41.6. The molecule has 3 saturated carbocycles. The van der Waals surface area contributed by atoms with Gasteiger partial charge in [-0.05, 0) is 81.0 Å². The monoisotopic (exact) mass is 574 g/mol. The first-order valence-electron chi connectivity index (χ1n) is 12.8. The molecule has 38 heavy (non-hydrogen) atoms. The number of carbonyl (C=O) groups is 3. The number of allylic oxidation sites excluding steroid dienone is 1. The smallest absolute Gasteiger partial charge is 0.319 e. The van der Waals surface area contributed by atoms with E-state index in [4.69, 9.17) is 0 Å². The second kappa shape index (κ2) is 10.2. The number of rotatable bonds is 10. The minimum Gasteiger partial charge on any atom is -0.480 e. The van der Waals surface area contributed by atoms with Crippen LogP contribution in [-0.2, 0) is 24.2 Å². The highest BCUT2D eigenvalue weighted by molar-refractivity contribution is 8.03. The van der Waals surface area contributed by atoms with Crippen LogP contribution in [0.4, 0.5) is 5.13 Å². The Morgan fingerprint density at radius 2 is 1.92 bits per heavy atom. The van der Waals surface area contributed by atoms with Crippen molar-refractivity contribution in [2.24, 2.45) is 5.92 Å². The third-order valence-corrected chi connectivity index (χ3v) is 11.6. The molecule has 0 unspecified atom stereocenters. The minimum atomic E-state index is -3.38. The van der Waals surface area contributed by atoms with Crippen molar-refractivity contribution in [2.75, 3.05) is 5.32 Å². The number of Topliss-reactive ketones (excluding diaryl/α,β-unsaturated/α-hetero) is 1. The van der Waals surface area contributed by atoms with E-state index in [2.05, 4.69) is 10.3 Å². The molecule has 1 atom stereocenters. The van der Waals surface area contributed by atoms with Crippen molar-refractivity contribution < 1.29 is 27.9 Å². The number of carboxylic acid groups (broad SMARTS) is 1. The second-order valence-electron chi connectivity index (χ2n) is 10.7. The van der Waals surface area contributed by atoms with Crippen LogP contribution in [0, 0.1) is 5.92 Å². The summed E-state index contributed by atoms with van der Waals surface area (Å²) < 4.78 is 25.8. The van der Waals surface area contributed by atoms with Gasteiger partial charge in [-0.15, -0.1) is 0 Å². The number of aromatic nitrogens is 1. The Labute approximate surface area is 230 Å². The van der Waals surface area contributed by atoms with Crippen molar-refractivity contribution in [1.29, 1.82) is 0 Å². The molecule has 0 spiro atoms. The van der Waals surface area contributed by atoms with Gasteiger partial charge in [-0.1, -0.05) is 35.2 Å². The minimum absolute atomic E-state index is 0.0683. The van der Waals surface area contributed by atoms with Crippen molar-refractivity contribution in [3.8, 4) is 0 Å². The number of nitrogens with zero attached hydrogens (tertiary/aromatic N) is 1. The molecule has 3 fully saturated rings. The zero-order chi connectivity index (χ0) is 27.2. The first-order chi connectivity index (χ1) is 17.9. The van der Waals surface area contributed by atoms with E-state index in [0.717, 1.165) is 30.2 Å². The number of thiazole rings is 1. The lowest BCUT2D eigenvalue weighted by Crippen LogP contribution is -2.26. The van der Waals surface area contributed by atoms with Gasteiger partial charge in [0, 0.05) is 18.4 Å². The Bertz CT molecular complexity index is 1430. The summed E-state index contributed by atoms with van der Waals surface area (Å²) in [6.07, 6.45) is 8.12. The van der Waals surface area contributed by atoms with E-state index in [9.17, 15) is 27.9 Å². The van der Waals surface area contributed by atoms with Crippen LogP contribution in [-0.4, -0.2) is 46.2 Å². The van der Waals surface area contributed by atoms with E-state index >= 15 is 0 Å². The topological polar surface area (TPSA) is 130 Å². The van der Waals surface area contributed by atoms with E-state index in [1.165, 1.54) is 17.5 Å². The maximum Gasteiger partial charge on any atom is 0.319 e. The molecule has 2 aromatic rings. The largest absolute Gasteiger partial charge is 0.480 e. The summed E-state index contributed by atoms with van der Waals surface area (Å²) in [5, 5.41) is 12.3. The fourth-order valence-corrected chi connectivity index (χ4v) is 8.79. The Morgan fingerprint density at radius 1 is 1.18 bits per heavy atom. The zero-order valence-electron chi connectivity index (χ0n) is 21.2. The van der Waals surface area contributed by atoms with Gasteiger partial charge in [0.15, 0.2) is 15.0 Å². The van der Waals surface area contributed by atoms with E-state index in [-0.39, 0.29) is 22.9 Å². The molecule has 1 aromatic carbocycles. The SMILES string of the molecule is CC(C)(Sc1cnc(NC(=O)/C(=C/[C@H]2CCC(=O)C2)c2ccc(S(=O)(=O)C3CC3)c(C3CC3)c2)s1)C(=O)O. The van der Waals surface area contributed by atoms with Gasteiger partial charge in [-0.2, -0.15) is 0 Å². The molecule has 2 N–H and O–H groups in total. The van der Waals surface area contributed by atoms with Crippen molar-refractivity contribution in [3.63, 3.8) is 0 Å². The van der Waals surface area contributed by atoms with Crippen LogP contribution in [0.3, 0.4) is 0 Å². The number of carboxylic acids is 1. The van der Waals surface area contributed by atoms with Crippen molar-refractivity contribution >= 4 is 61.3 Å². The molecule has 0 radical (unpaired) electrons. The molecular weight excluding hydrogens is 545 g/mol. The lowest BCUT2D eigenvalue weighted by molar-refractivity contribution is -0.138. The van der Waals surface area contributed by atoms with E-state index in [1.807, 2.05) is 12.1 Å². The van der Waals surface area contributed by atoms with E-state index in [0.29, 0.717) is 57.5 Å². The molecular formula is C27H30N2O6S3. The predicted molar refractivity (Wildman–Crippen MR) is 147 cm³/mol. The fraction of sp³-hybridized carbons (Fsp3) is 0.481. The second-order valence-corrected chi connectivity index (χ2v) is 15.9. The summed E-state index contributed by atoms with van der Waals surface area (Å²) >= 11 is 2.34. The maximum atomic E-state index is 13.6. The Morgan fingerprint density at radius 3 is 2.53 bits per heavy atom. The highest BCUT2D eigenvalue weighted by atomic mass is 32.2. The fourth-order valence-electron chi connectivity index (χ4n) is 4.59. The third-order valence-electron chi connectivity index (χ3n) is 7.11. The number of nitrogens with one attached hydrogen (secondary N) is 1. The van der Waals surface area contributed by atoms with Crippen LogP contribution in [0.25, 0.3) is 5.57 Å². The van der Waals surface area contributed by atoms with Crippen molar-refractivity contribution in [2.45, 2.75) is 83.8 Å². The Hall–Kier alpha value is -2.50. The quantitative estimate of drug-likeness (QED) is 0.289. The van der Waals surface area contributed by atoms with Crippen LogP contribution < -0.4 is 5.32 Å². The number of carbonyl (C=O) groups excluding carboxylic acids is 2. The molecule has 0 bridgehead atoms. The molecule has 5 rings (SSSR count). The first-order valence-corrected chi connectivity index (χ1v) is 15.9. The average Bonchev–Trinajstić information content (AvgIpc) is 3.78. The van der Waals surface area contributed by atoms with Gasteiger partial charge in [-0.25, -0.2) is 13.4 Å². The van der Waals surface area contributed by atoms with E-state index < -0.39 is 26.5 Å². The van der Waals surface area contributed by atoms with Crippen LogP contribution in [0.2, 0.25) is 0 Å². The molecule has 8 nitrogen and oxygen atoms in total. The number of hydrogen-bond acceptors (Lipinski definition) is 8. The number of benzene rings is 1.